The number of carbonyl (C=O) groups is 2. The van der Waals surface area contributed by atoms with E-state index in [0.717, 1.165) is 12.0 Å². The van der Waals surface area contributed by atoms with E-state index in [4.69, 9.17) is 0 Å². The maximum Gasteiger partial charge on any atom is 0.243 e. The fraction of sp³-hybridized carbons (Fsp3) is 0.467. The van der Waals surface area contributed by atoms with Crippen molar-refractivity contribution in [3.8, 4) is 0 Å². The molecule has 1 fully saturated rings. The highest BCUT2D eigenvalue weighted by Crippen LogP contribution is 2.20. The maximum absolute atomic E-state index is 12.9. The fourth-order valence-corrected chi connectivity index (χ4v) is 2.43. The van der Waals surface area contributed by atoms with E-state index in [1.807, 2.05) is 13.8 Å². The van der Waals surface area contributed by atoms with Crippen molar-refractivity contribution in [2.45, 2.75) is 32.9 Å². The van der Waals surface area contributed by atoms with Crippen LogP contribution in [0.2, 0.25) is 0 Å². The van der Waals surface area contributed by atoms with Crippen LogP contribution in [0.25, 0.3) is 0 Å². The number of nitrogens with zero attached hydrogens (tertiary/aromatic N) is 1. The highest BCUT2D eigenvalue weighted by molar-refractivity contribution is 5.94. The molecule has 1 aliphatic rings. The van der Waals surface area contributed by atoms with E-state index in [9.17, 15) is 14.0 Å². The Morgan fingerprint density at radius 2 is 2.00 bits per heavy atom. The summed E-state index contributed by atoms with van der Waals surface area (Å²) in [6.45, 7) is 4.32. The van der Waals surface area contributed by atoms with Crippen molar-refractivity contribution in [3.05, 3.63) is 35.6 Å². The second kappa shape index (κ2) is 6.03. The van der Waals surface area contributed by atoms with Crippen molar-refractivity contribution in [3.63, 3.8) is 0 Å². The molecule has 0 aromatic heterocycles. The van der Waals surface area contributed by atoms with Crippen LogP contribution < -0.4 is 5.32 Å². The van der Waals surface area contributed by atoms with E-state index in [-0.39, 0.29) is 30.1 Å². The minimum absolute atomic E-state index is 0.0347. The van der Waals surface area contributed by atoms with Crippen molar-refractivity contribution in [1.82, 2.24) is 10.2 Å². The lowest BCUT2D eigenvalue weighted by Gasteiger charge is -2.38. The molecule has 1 saturated heterocycles. The molecule has 2 atom stereocenters. The van der Waals surface area contributed by atoms with Crippen LogP contribution in [0.5, 0.6) is 0 Å². The molecule has 108 valence electrons. The monoisotopic (exact) mass is 278 g/mol. The number of benzene rings is 1. The first kappa shape index (κ1) is 14.5. The van der Waals surface area contributed by atoms with Crippen molar-refractivity contribution in [2.75, 3.05) is 6.54 Å². The Balaban J connectivity index is 2.22. The molecule has 0 saturated carbocycles. The lowest BCUT2D eigenvalue weighted by atomic mass is 9.94. The van der Waals surface area contributed by atoms with Gasteiger partial charge in [0.2, 0.25) is 11.8 Å². The lowest BCUT2D eigenvalue weighted by Crippen LogP contribution is -2.60. The van der Waals surface area contributed by atoms with Crippen LogP contribution in [0.4, 0.5) is 4.39 Å². The van der Waals surface area contributed by atoms with Gasteiger partial charge in [-0.25, -0.2) is 4.39 Å². The van der Waals surface area contributed by atoms with E-state index in [0.29, 0.717) is 6.54 Å². The highest BCUT2D eigenvalue weighted by atomic mass is 19.1. The van der Waals surface area contributed by atoms with E-state index in [1.165, 1.54) is 12.1 Å². The zero-order valence-corrected chi connectivity index (χ0v) is 11.7. The van der Waals surface area contributed by atoms with Gasteiger partial charge in [-0.15, -0.1) is 0 Å². The first-order valence-electron chi connectivity index (χ1n) is 6.84. The number of piperazine rings is 1. The van der Waals surface area contributed by atoms with Crippen LogP contribution in [0, 0.1) is 11.7 Å². The number of hydrogen-bond donors (Lipinski definition) is 1. The van der Waals surface area contributed by atoms with Crippen molar-refractivity contribution < 1.29 is 14.0 Å². The number of carbonyl (C=O) groups excluding carboxylic acids is 2. The molecule has 1 aromatic carbocycles. The fourth-order valence-electron chi connectivity index (χ4n) is 2.43. The molecule has 5 heteroatoms. The highest BCUT2D eigenvalue weighted by Gasteiger charge is 2.37. The van der Waals surface area contributed by atoms with Gasteiger partial charge in [0.1, 0.15) is 11.9 Å². The minimum atomic E-state index is -0.452. The Bertz CT molecular complexity index is 501. The van der Waals surface area contributed by atoms with Gasteiger partial charge >= 0.3 is 0 Å². The van der Waals surface area contributed by atoms with Gasteiger partial charge in [0.05, 0.1) is 6.54 Å². The quantitative estimate of drug-likeness (QED) is 0.911. The topological polar surface area (TPSA) is 49.4 Å². The molecule has 2 amide bonds. The molecule has 1 aliphatic heterocycles. The largest absolute Gasteiger partial charge is 0.345 e. The smallest absolute Gasteiger partial charge is 0.243 e. The molecule has 4 nitrogen and oxygen atoms in total. The van der Waals surface area contributed by atoms with Gasteiger partial charge in [-0.3, -0.25) is 9.59 Å². The van der Waals surface area contributed by atoms with Gasteiger partial charge in [-0.05, 0) is 23.6 Å². The summed E-state index contributed by atoms with van der Waals surface area (Å²) in [4.78, 5) is 25.7. The third kappa shape index (κ3) is 2.98. The predicted molar refractivity (Wildman–Crippen MR) is 73.2 cm³/mol. The number of halogens is 1. The molecule has 0 aliphatic carbocycles. The van der Waals surface area contributed by atoms with E-state index < -0.39 is 6.04 Å². The average Bonchev–Trinajstić information content (AvgIpc) is 2.44. The molecule has 0 spiro atoms. The predicted octanol–water partition coefficient (Wildman–Crippen LogP) is 1.70. The molecular weight excluding hydrogens is 259 g/mol. The summed E-state index contributed by atoms with van der Waals surface area (Å²) in [6.07, 6.45) is 0.811. The molecule has 0 bridgehead atoms. The first-order chi connectivity index (χ1) is 9.52. The maximum atomic E-state index is 12.9. The molecule has 2 unspecified atom stereocenters. The Labute approximate surface area is 118 Å². The van der Waals surface area contributed by atoms with Crippen LogP contribution in [-0.2, 0) is 16.1 Å². The van der Waals surface area contributed by atoms with Gasteiger partial charge < -0.3 is 10.2 Å². The first-order valence-corrected chi connectivity index (χ1v) is 6.84. The van der Waals surface area contributed by atoms with Gasteiger partial charge in [-0.2, -0.15) is 0 Å². The van der Waals surface area contributed by atoms with E-state index in [2.05, 4.69) is 5.32 Å². The summed E-state index contributed by atoms with van der Waals surface area (Å²) < 4.78 is 12.9. The van der Waals surface area contributed by atoms with Crippen LogP contribution in [-0.4, -0.2) is 29.3 Å². The van der Waals surface area contributed by atoms with Gasteiger partial charge in [0.25, 0.3) is 0 Å². The Morgan fingerprint density at radius 1 is 1.35 bits per heavy atom. The Hall–Kier alpha value is -1.91. The summed E-state index contributed by atoms with van der Waals surface area (Å²) in [5, 5.41) is 2.63. The molecular formula is C15H19FN2O2. The molecule has 1 aromatic rings. The minimum Gasteiger partial charge on any atom is -0.345 e. The Morgan fingerprint density at radius 3 is 2.60 bits per heavy atom. The number of rotatable bonds is 4. The zero-order chi connectivity index (χ0) is 14.7. The van der Waals surface area contributed by atoms with Gasteiger partial charge in [0.15, 0.2) is 0 Å². The third-order valence-electron chi connectivity index (χ3n) is 3.79. The summed E-state index contributed by atoms with van der Waals surface area (Å²) in [5.74, 6) is -0.435. The van der Waals surface area contributed by atoms with Crippen molar-refractivity contribution in [1.29, 1.82) is 0 Å². The third-order valence-corrected chi connectivity index (χ3v) is 3.79. The SMILES string of the molecule is CCC(C)C1C(=O)NCC(=O)N1Cc1ccc(F)cc1. The second-order valence-electron chi connectivity index (χ2n) is 5.20. The normalized spacial score (nSPS) is 20.8. The van der Waals surface area contributed by atoms with Crippen LogP contribution in [0.15, 0.2) is 24.3 Å². The summed E-state index contributed by atoms with van der Waals surface area (Å²) in [6, 6.07) is 5.56. The second-order valence-corrected chi connectivity index (χ2v) is 5.20. The van der Waals surface area contributed by atoms with E-state index in [1.54, 1.807) is 17.0 Å². The number of hydrogen-bond acceptors (Lipinski definition) is 2. The van der Waals surface area contributed by atoms with Crippen molar-refractivity contribution >= 4 is 11.8 Å². The molecule has 0 radical (unpaired) electrons. The summed E-state index contributed by atoms with van der Waals surface area (Å²) >= 11 is 0. The standard InChI is InChI=1S/C15H19FN2O2/c1-3-10(2)14-15(20)17-8-13(19)18(14)9-11-4-6-12(16)7-5-11/h4-7,10,14H,3,8-9H2,1-2H3,(H,17,20). The van der Waals surface area contributed by atoms with Crippen LogP contribution in [0.1, 0.15) is 25.8 Å². The van der Waals surface area contributed by atoms with E-state index >= 15 is 0 Å². The molecule has 1 N–H and O–H groups in total. The average molecular weight is 278 g/mol. The number of nitrogens with one attached hydrogen (secondary N) is 1. The molecule has 1 heterocycles. The molecule has 2 rings (SSSR count). The zero-order valence-electron chi connectivity index (χ0n) is 11.7. The van der Waals surface area contributed by atoms with Gasteiger partial charge in [-0.1, -0.05) is 32.4 Å². The number of amides is 2. The van der Waals surface area contributed by atoms with Crippen molar-refractivity contribution in [2.24, 2.45) is 5.92 Å². The van der Waals surface area contributed by atoms with Crippen LogP contribution >= 0.6 is 0 Å². The lowest BCUT2D eigenvalue weighted by molar-refractivity contribution is -0.148. The summed E-state index contributed by atoms with van der Waals surface area (Å²) in [5.41, 5.74) is 0.822. The Kier molecular flexibility index (Phi) is 4.37. The van der Waals surface area contributed by atoms with Crippen LogP contribution in [0.3, 0.4) is 0 Å². The van der Waals surface area contributed by atoms with Gasteiger partial charge in [0, 0.05) is 6.54 Å². The molecule has 20 heavy (non-hydrogen) atoms. The summed E-state index contributed by atoms with van der Waals surface area (Å²) in [7, 11) is 0.